The van der Waals surface area contributed by atoms with Gasteiger partial charge in [-0.05, 0) is 38.0 Å². The number of methoxy groups -OCH3 is 3. The average Bonchev–Trinajstić information content (AvgIpc) is 2.72. The molecule has 0 amide bonds. The second-order valence-electron chi connectivity index (χ2n) is 6.49. The minimum absolute atomic E-state index is 0.115. The van der Waals surface area contributed by atoms with Crippen molar-refractivity contribution in [2.24, 2.45) is 0 Å². The first-order chi connectivity index (χ1) is 13.8. The molecule has 1 N–H and O–H groups in total. The van der Waals surface area contributed by atoms with Crippen molar-refractivity contribution in [3.05, 3.63) is 44.7 Å². The molecule has 2 aromatic rings. The van der Waals surface area contributed by atoms with E-state index in [4.69, 9.17) is 14.2 Å². The molecule has 1 unspecified atom stereocenters. The number of carbonyl (C=O) groups is 1. The van der Waals surface area contributed by atoms with Crippen molar-refractivity contribution in [2.75, 3.05) is 21.3 Å². The van der Waals surface area contributed by atoms with Crippen molar-refractivity contribution >= 4 is 5.78 Å². The maximum absolute atomic E-state index is 13.3. The van der Waals surface area contributed by atoms with Crippen molar-refractivity contribution < 1.29 is 24.1 Å². The summed E-state index contributed by atoms with van der Waals surface area (Å²) in [7, 11) is 4.29. The highest BCUT2D eigenvalue weighted by molar-refractivity contribution is 6.12. The van der Waals surface area contributed by atoms with Crippen LogP contribution in [-0.2, 0) is 0 Å². The van der Waals surface area contributed by atoms with E-state index in [9.17, 15) is 20.0 Å². The third kappa shape index (κ3) is 3.63. The molecule has 8 nitrogen and oxygen atoms in total. The number of nitrogens with zero attached hydrogens (tertiary/aromatic N) is 2. The number of aromatic hydroxyl groups is 1. The van der Waals surface area contributed by atoms with Gasteiger partial charge in [-0.1, -0.05) is 6.92 Å². The third-order valence-corrected chi connectivity index (χ3v) is 4.93. The highest BCUT2D eigenvalue weighted by Gasteiger charge is 2.28. The molecule has 0 aliphatic heterocycles. The van der Waals surface area contributed by atoms with E-state index >= 15 is 0 Å². The monoisotopic (exact) mass is 400 g/mol. The van der Waals surface area contributed by atoms with Gasteiger partial charge in [0.25, 0.3) is 5.56 Å². The van der Waals surface area contributed by atoms with Gasteiger partial charge in [0, 0.05) is 11.6 Å². The Morgan fingerprint density at radius 2 is 1.76 bits per heavy atom. The van der Waals surface area contributed by atoms with Crippen LogP contribution in [0.2, 0.25) is 0 Å². The van der Waals surface area contributed by atoms with E-state index in [2.05, 4.69) is 0 Å². The topological polar surface area (TPSA) is 111 Å². The van der Waals surface area contributed by atoms with Crippen LogP contribution in [0.4, 0.5) is 0 Å². The Morgan fingerprint density at radius 1 is 1.21 bits per heavy atom. The Balaban J connectivity index is 2.84. The van der Waals surface area contributed by atoms with Gasteiger partial charge >= 0.3 is 0 Å². The quantitative estimate of drug-likeness (QED) is 0.711. The molecule has 0 saturated carbocycles. The number of carbonyl (C=O) groups excluding carboxylic acids is 1. The second kappa shape index (κ2) is 8.69. The predicted octanol–water partition coefficient (Wildman–Crippen LogP) is 2.96. The Hall–Kier alpha value is -3.47. The number of ether oxygens (including phenoxy) is 3. The van der Waals surface area contributed by atoms with Crippen LogP contribution in [0.25, 0.3) is 0 Å². The van der Waals surface area contributed by atoms with Crippen LogP contribution < -0.4 is 19.8 Å². The minimum atomic E-state index is -0.627. The van der Waals surface area contributed by atoms with E-state index < -0.39 is 23.3 Å². The second-order valence-corrected chi connectivity index (χ2v) is 6.49. The van der Waals surface area contributed by atoms with Crippen LogP contribution in [0.15, 0.2) is 16.9 Å². The Kier molecular flexibility index (Phi) is 6.54. The number of pyridine rings is 1. The van der Waals surface area contributed by atoms with Crippen molar-refractivity contribution in [2.45, 2.75) is 33.2 Å². The molecule has 0 fully saturated rings. The molecule has 0 aliphatic carbocycles. The molecule has 0 saturated heterocycles. The third-order valence-electron chi connectivity index (χ3n) is 4.93. The van der Waals surface area contributed by atoms with Gasteiger partial charge in [-0.25, -0.2) is 0 Å². The molecule has 29 heavy (non-hydrogen) atoms. The maximum atomic E-state index is 13.3. The number of hydrogen-bond donors (Lipinski definition) is 1. The van der Waals surface area contributed by atoms with E-state index in [1.807, 2.05) is 13.0 Å². The maximum Gasteiger partial charge on any atom is 0.271 e. The summed E-state index contributed by atoms with van der Waals surface area (Å²) >= 11 is 0. The standard InChI is InChI=1S/C21H24N2O6/c1-7-11(2)23-20(25)14(10-22)12(3)17(21(23)26)18(24)13-8-15(27-4)19(29-6)16(9-13)28-5/h8-9,11,26H,7H2,1-6H3. The number of rotatable bonds is 7. The Labute approximate surface area is 168 Å². The van der Waals surface area contributed by atoms with Crippen molar-refractivity contribution in [1.82, 2.24) is 4.57 Å². The smallest absolute Gasteiger partial charge is 0.271 e. The zero-order chi connectivity index (χ0) is 21.9. The lowest BCUT2D eigenvalue weighted by atomic mass is 9.96. The van der Waals surface area contributed by atoms with Crippen molar-refractivity contribution in [3.8, 4) is 29.2 Å². The van der Waals surface area contributed by atoms with E-state index in [0.29, 0.717) is 12.2 Å². The fourth-order valence-corrected chi connectivity index (χ4v) is 3.14. The van der Waals surface area contributed by atoms with Crippen LogP contribution in [-0.4, -0.2) is 36.8 Å². The van der Waals surface area contributed by atoms with E-state index in [1.54, 1.807) is 6.92 Å². The highest BCUT2D eigenvalue weighted by atomic mass is 16.5. The SMILES string of the molecule is CCC(C)n1c(O)c(C(=O)c2cc(OC)c(OC)c(OC)c2)c(C)c(C#N)c1=O. The molecule has 1 atom stereocenters. The number of benzene rings is 1. The molecule has 154 valence electrons. The van der Waals surface area contributed by atoms with Gasteiger partial charge in [0.1, 0.15) is 11.6 Å². The number of hydrogen-bond acceptors (Lipinski definition) is 7. The van der Waals surface area contributed by atoms with Crippen LogP contribution in [0, 0.1) is 18.3 Å². The number of nitriles is 1. The molecule has 1 aromatic carbocycles. The Morgan fingerprint density at radius 3 is 2.17 bits per heavy atom. The van der Waals surface area contributed by atoms with Crippen molar-refractivity contribution in [3.63, 3.8) is 0 Å². The molecule has 0 aliphatic rings. The zero-order valence-corrected chi connectivity index (χ0v) is 17.3. The van der Waals surface area contributed by atoms with Crippen LogP contribution in [0.3, 0.4) is 0 Å². The van der Waals surface area contributed by atoms with Gasteiger partial charge in [0.15, 0.2) is 17.3 Å². The van der Waals surface area contributed by atoms with Gasteiger partial charge in [-0.3, -0.25) is 14.2 Å². The van der Waals surface area contributed by atoms with Crippen molar-refractivity contribution in [1.29, 1.82) is 5.26 Å². The van der Waals surface area contributed by atoms with Gasteiger partial charge in [0.05, 0.1) is 26.9 Å². The average molecular weight is 400 g/mol. The summed E-state index contributed by atoms with van der Waals surface area (Å²) < 4.78 is 16.9. The largest absolute Gasteiger partial charge is 0.494 e. The lowest BCUT2D eigenvalue weighted by Crippen LogP contribution is -2.28. The first kappa shape index (κ1) is 21.8. The Bertz CT molecular complexity index is 1020. The molecule has 0 bridgehead atoms. The van der Waals surface area contributed by atoms with Crippen LogP contribution in [0.1, 0.15) is 53.4 Å². The summed E-state index contributed by atoms with van der Waals surface area (Å²) in [4.78, 5) is 26.0. The molecule has 1 aromatic heterocycles. The van der Waals surface area contributed by atoms with E-state index in [0.717, 1.165) is 4.57 Å². The molecular formula is C21H24N2O6. The summed E-state index contributed by atoms with van der Waals surface area (Å²) in [6.07, 6.45) is 0.527. The summed E-state index contributed by atoms with van der Waals surface area (Å²) in [5.74, 6) is -0.201. The first-order valence-electron chi connectivity index (χ1n) is 9.00. The van der Waals surface area contributed by atoms with Gasteiger partial charge < -0.3 is 19.3 Å². The fourth-order valence-electron chi connectivity index (χ4n) is 3.14. The summed E-state index contributed by atoms with van der Waals surface area (Å²) in [6, 6.07) is 4.36. The lowest BCUT2D eigenvalue weighted by molar-refractivity contribution is 0.103. The van der Waals surface area contributed by atoms with Crippen LogP contribution >= 0.6 is 0 Å². The minimum Gasteiger partial charge on any atom is -0.494 e. The van der Waals surface area contributed by atoms with E-state index in [-0.39, 0.29) is 33.8 Å². The molecule has 2 rings (SSSR count). The van der Waals surface area contributed by atoms with Gasteiger partial charge in [0.2, 0.25) is 11.6 Å². The molecule has 0 spiro atoms. The molecular weight excluding hydrogens is 376 g/mol. The van der Waals surface area contributed by atoms with E-state index in [1.165, 1.54) is 40.4 Å². The van der Waals surface area contributed by atoms with Crippen LogP contribution in [0.5, 0.6) is 23.1 Å². The zero-order valence-electron chi connectivity index (χ0n) is 17.3. The normalized spacial score (nSPS) is 11.5. The fraction of sp³-hybridized carbons (Fsp3) is 0.381. The predicted molar refractivity (Wildman–Crippen MR) is 106 cm³/mol. The summed E-state index contributed by atoms with van der Waals surface area (Å²) in [6.45, 7) is 5.03. The summed E-state index contributed by atoms with van der Waals surface area (Å²) in [5.41, 5.74) is -0.655. The lowest BCUT2D eigenvalue weighted by Gasteiger charge is -2.20. The van der Waals surface area contributed by atoms with Gasteiger partial charge in [-0.2, -0.15) is 5.26 Å². The summed E-state index contributed by atoms with van der Waals surface area (Å²) in [5, 5.41) is 20.3. The number of ketones is 1. The molecule has 1 heterocycles. The highest BCUT2D eigenvalue weighted by Crippen LogP contribution is 2.39. The molecule has 0 radical (unpaired) electrons. The van der Waals surface area contributed by atoms with Gasteiger partial charge in [-0.15, -0.1) is 0 Å². The first-order valence-corrected chi connectivity index (χ1v) is 9.00. The number of aromatic nitrogens is 1. The molecule has 8 heteroatoms.